The molecule has 1 aromatic carbocycles. The number of anilines is 1. The average molecular weight is 339 g/mol. The summed E-state index contributed by atoms with van der Waals surface area (Å²) in [6.07, 6.45) is 9.32. The third kappa shape index (κ3) is 3.39. The number of carbonyl (C=O) groups excluding carboxylic acids is 1. The van der Waals surface area contributed by atoms with Crippen LogP contribution in [-0.2, 0) is 0 Å². The van der Waals surface area contributed by atoms with Gasteiger partial charge >= 0.3 is 6.03 Å². The lowest BCUT2D eigenvalue weighted by Crippen LogP contribution is -2.64. The fourth-order valence-electron chi connectivity index (χ4n) is 3.82. The van der Waals surface area contributed by atoms with Gasteiger partial charge in [-0.2, -0.15) is 0 Å². The van der Waals surface area contributed by atoms with Gasteiger partial charge in [-0.25, -0.2) is 9.78 Å². The van der Waals surface area contributed by atoms with Crippen LogP contribution in [0.2, 0.25) is 0 Å². The first-order chi connectivity index (χ1) is 12.2. The topological polar surface area (TPSA) is 53.4 Å². The van der Waals surface area contributed by atoms with Crippen molar-refractivity contribution in [3.05, 3.63) is 43.0 Å². The van der Waals surface area contributed by atoms with Crippen molar-refractivity contribution in [1.29, 1.82) is 0 Å². The summed E-state index contributed by atoms with van der Waals surface area (Å²) in [5, 5.41) is 2.99. The van der Waals surface area contributed by atoms with E-state index in [9.17, 15) is 4.79 Å². The number of hydrogen-bond acceptors (Lipinski definition) is 3. The number of imidazole rings is 1. The minimum atomic E-state index is -0.00343. The van der Waals surface area contributed by atoms with Crippen molar-refractivity contribution in [3.8, 4) is 5.69 Å². The highest BCUT2D eigenvalue weighted by Crippen LogP contribution is 2.25. The van der Waals surface area contributed by atoms with Crippen LogP contribution in [0.4, 0.5) is 10.5 Å². The number of piperidine rings is 1. The molecule has 6 nitrogen and oxygen atoms in total. The number of aromatic nitrogens is 2. The number of carbonyl (C=O) groups is 1. The van der Waals surface area contributed by atoms with Gasteiger partial charge < -0.3 is 14.8 Å². The molecule has 6 heteroatoms. The van der Waals surface area contributed by atoms with Gasteiger partial charge in [0.2, 0.25) is 0 Å². The Bertz CT molecular complexity index is 706. The first kappa shape index (κ1) is 16.1. The molecule has 2 saturated heterocycles. The van der Waals surface area contributed by atoms with Gasteiger partial charge in [0.05, 0.1) is 6.33 Å². The second-order valence-electron chi connectivity index (χ2n) is 7.09. The summed E-state index contributed by atoms with van der Waals surface area (Å²) in [6.45, 7) is 5.16. The standard InChI is InChI=1S/C19H25N5O/c1-15-4-2-3-10-24(15)18-12-23(13-18)19(25)21-16-5-7-17(8-6-16)22-11-9-20-14-22/h5-9,11,14-15,18H,2-4,10,12-13H2,1H3,(H,21,25)/t15-/m0/s1. The van der Waals surface area contributed by atoms with Gasteiger partial charge in [0.25, 0.3) is 0 Å². The molecule has 1 atom stereocenters. The molecule has 132 valence electrons. The molecule has 0 aliphatic carbocycles. The minimum absolute atomic E-state index is 0.00343. The summed E-state index contributed by atoms with van der Waals surface area (Å²) < 4.78 is 1.94. The summed E-state index contributed by atoms with van der Waals surface area (Å²) in [5.41, 5.74) is 1.85. The van der Waals surface area contributed by atoms with E-state index in [4.69, 9.17) is 0 Å². The zero-order valence-corrected chi connectivity index (χ0v) is 14.6. The van der Waals surface area contributed by atoms with Gasteiger partial charge in [0, 0.05) is 48.9 Å². The van der Waals surface area contributed by atoms with Crippen LogP contribution < -0.4 is 5.32 Å². The summed E-state index contributed by atoms with van der Waals surface area (Å²) in [5.74, 6) is 0. The molecule has 25 heavy (non-hydrogen) atoms. The molecule has 3 heterocycles. The maximum atomic E-state index is 12.4. The van der Waals surface area contributed by atoms with Crippen LogP contribution in [0.25, 0.3) is 5.69 Å². The SMILES string of the molecule is C[C@H]1CCCCN1C1CN(C(=O)Nc2ccc(-n3ccnc3)cc2)C1. The number of urea groups is 1. The Morgan fingerprint density at radius 3 is 2.68 bits per heavy atom. The summed E-state index contributed by atoms with van der Waals surface area (Å²) in [7, 11) is 0. The Balaban J connectivity index is 1.30. The number of benzene rings is 1. The molecule has 2 fully saturated rings. The zero-order chi connectivity index (χ0) is 17.2. The molecule has 0 radical (unpaired) electrons. The molecule has 2 aliphatic rings. The second kappa shape index (κ2) is 6.88. The minimum Gasteiger partial charge on any atom is -0.321 e. The van der Waals surface area contributed by atoms with E-state index in [2.05, 4.69) is 22.1 Å². The van der Waals surface area contributed by atoms with Crippen molar-refractivity contribution in [1.82, 2.24) is 19.4 Å². The number of nitrogens with zero attached hydrogens (tertiary/aromatic N) is 4. The van der Waals surface area contributed by atoms with E-state index in [0.29, 0.717) is 12.1 Å². The van der Waals surface area contributed by atoms with Crippen molar-refractivity contribution in [3.63, 3.8) is 0 Å². The average Bonchev–Trinajstić information content (AvgIpc) is 3.10. The maximum Gasteiger partial charge on any atom is 0.321 e. The van der Waals surface area contributed by atoms with Crippen molar-refractivity contribution >= 4 is 11.7 Å². The van der Waals surface area contributed by atoms with Crippen LogP contribution in [0.15, 0.2) is 43.0 Å². The Labute approximate surface area is 148 Å². The molecular formula is C19H25N5O. The molecule has 1 N–H and O–H groups in total. The number of hydrogen-bond donors (Lipinski definition) is 1. The molecule has 2 amide bonds. The molecular weight excluding hydrogens is 314 g/mol. The quantitative estimate of drug-likeness (QED) is 0.935. The zero-order valence-electron chi connectivity index (χ0n) is 14.6. The van der Waals surface area contributed by atoms with Gasteiger partial charge in [-0.15, -0.1) is 0 Å². The molecule has 2 aliphatic heterocycles. The van der Waals surface area contributed by atoms with Gasteiger partial charge in [-0.1, -0.05) is 6.42 Å². The molecule has 0 spiro atoms. The van der Waals surface area contributed by atoms with E-state index in [-0.39, 0.29) is 6.03 Å². The van der Waals surface area contributed by atoms with Crippen molar-refractivity contribution in [2.45, 2.75) is 38.3 Å². The fourth-order valence-corrected chi connectivity index (χ4v) is 3.82. The number of likely N-dealkylation sites (tertiary alicyclic amines) is 2. The summed E-state index contributed by atoms with van der Waals surface area (Å²) in [6, 6.07) is 8.99. The first-order valence-corrected chi connectivity index (χ1v) is 9.11. The highest BCUT2D eigenvalue weighted by atomic mass is 16.2. The molecule has 4 rings (SSSR count). The molecule has 0 bridgehead atoms. The smallest absolute Gasteiger partial charge is 0.321 e. The van der Waals surface area contributed by atoms with Crippen LogP contribution in [0.5, 0.6) is 0 Å². The van der Waals surface area contributed by atoms with Crippen molar-refractivity contribution < 1.29 is 4.79 Å². The lowest BCUT2D eigenvalue weighted by Gasteiger charge is -2.49. The van der Waals surface area contributed by atoms with Crippen molar-refractivity contribution in [2.75, 3.05) is 25.0 Å². The molecule has 1 aromatic heterocycles. The third-order valence-corrected chi connectivity index (χ3v) is 5.39. The van der Waals surface area contributed by atoms with Gasteiger partial charge in [0.1, 0.15) is 0 Å². The predicted octanol–water partition coefficient (Wildman–Crippen LogP) is 2.96. The monoisotopic (exact) mass is 339 g/mol. The van der Waals surface area contributed by atoms with Crippen LogP contribution in [0.3, 0.4) is 0 Å². The Morgan fingerprint density at radius 1 is 1.20 bits per heavy atom. The number of nitrogens with one attached hydrogen (secondary N) is 1. The van der Waals surface area contributed by atoms with E-state index in [0.717, 1.165) is 24.5 Å². The van der Waals surface area contributed by atoms with Gasteiger partial charge in [-0.05, 0) is 50.6 Å². The highest BCUT2D eigenvalue weighted by Gasteiger charge is 2.37. The summed E-state index contributed by atoms with van der Waals surface area (Å²) in [4.78, 5) is 20.9. The van der Waals surface area contributed by atoms with E-state index in [1.165, 1.54) is 25.8 Å². The lowest BCUT2D eigenvalue weighted by molar-refractivity contribution is 0.0199. The summed E-state index contributed by atoms with van der Waals surface area (Å²) >= 11 is 0. The van der Waals surface area contributed by atoms with E-state index in [1.807, 2.05) is 39.9 Å². The third-order valence-electron chi connectivity index (χ3n) is 5.39. The number of rotatable bonds is 3. The molecule has 0 saturated carbocycles. The normalized spacial score (nSPS) is 21.8. The van der Waals surface area contributed by atoms with Gasteiger partial charge in [-0.3, -0.25) is 4.90 Å². The lowest BCUT2D eigenvalue weighted by atomic mass is 9.98. The van der Waals surface area contributed by atoms with E-state index >= 15 is 0 Å². The van der Waals surface area contributed by atoms with E-state index in [1.54, 1.807) is 12.5 Å². The van der Waals surface area contributed by atoms with Crippen LogP contribution in [0.1, 0.15) is 26.2 Å². The molecule has 2 aromatic rings. The maximum absolute atomic E-state index is 12.4. The van der Waals surface area contributed by atoms with Crippen LogP contribution >= 0.6 is 0 Å². The van der Waals surface area contributed by atoms with Gasteiger partial charge in [0.15, 0.2) is 0 Å². The van der Waals surface area contributed by atoms with Crippen LogP contribution in [-0.4, -0.2) is 57.1 Å². The Morgan fingerprint density at radius 2 is 2.00 bits per heavy atom. The second-order valence-corrected chi connectivity index (χ2v) is 7.09. The highest BCUT2D eigenvalue weighted by molar-refractivity contribution is 5.90. The Hall–Kier alpha value is -2.34. The van der Waals surface area contributed by atoms with Crippen LogP contribution in [0, 0.1) is 0 Å². The Kier molecular flexibility index (Phi) is 4.44. The largest absolute Gasteiger partial charge is 0.321 e. The fraction of sp³-hybridized carbons (Fsp3) is 0.474. The van der Waals surface area contributed by atoms with E-state index < -0.39 is 0 Å². The number of amides is 2. The first-order valence-electron chi connectivity index (χ1n) is 9.11. The molecule has 0 unspecified atom stereocenters. The predicted molar refractivity (Wildman–Crippen MR) is 98.0 cm³/mol. The van der Waals surface area contributed by atoms with Crippen molar-refractivity contribution in [2.24, 2.45) is 0 Å².